The highest BCUT2D eigenvalue weighted by Gasteiger charge is 2.28. The molecular weight excluding hydrogens is 462 g/mol. The smallest absolute Gasteiger partial charge is 0.410 e. The predicted molar refractivity (Wildman–Crippen MR) is 146 cm³/mol. The Morgan fingerprint density at radius 3 is 2.41 bits per heavy atom. The van der Waals surface area contributed by atoms with Gasteiger partial charge in [-0.1, -0.05) is 36.4 Å². The Labute approximate surface area is 217 Å². The van der Waals surface area contributed by atoms with Gasteiger partial charge < -0.3 is 19.1 Å². The van der Waals surface area contributed by atoms with Crippen molar-refractivity contribution in [2.75, 3.05) is 31.1 Å². The maximum Gasteiger partial charge on any atom is 0.410 e. The molecule has 0 bridgehead atoms. The quantitative estimate of drug-likeness (QED) is 0.365. The third-order valence-electron chi connectivity index (χ3n) is 7.24. The third-order valence-corrected chi connectivity index (χ3v) is 7.24. The highest BCUT2D eigenvalue weighted by atomic mass is 16.6. The van der Waals surface area contributed by atoms with Gasteiger partial charge in [-0.2, -0.15) is 0 Å². The molecule has 2 aliphatic rings. The number of pyridine rings is 1. The number of hydrogen-bond donors (Lipinski definition) is 0. The lowest BCUT2D eigenvalue weighted by atomic mass is 10.0. The highest BCUT2D eigenvalue weighted by Crippen LogP contribution is 2.36. The molecule has 1 amide bonds. The van der Waals surface area contributed by atoms with Crippen molar-refractivity contribution in [3.8, 4) is 11.1 Å². The lowest BCUT2D eigenvalue weighted by Gasteiger charge is -2.36. The Kier molecular flexibility index (Phi) is 5.86. The van der Waals surface area contributed by atoms with Gasteiger partial charge in [0.15, 0.2) is 0 Å². The van der Waals surface area contributed by atoms with Crippen LogP contribution in [0.3, 0.4) is 0 Å². The van der Waals surface area contributed by atoms with Crippen molar-refractivity contribution >= 4 is 22.9 Å². The van der Waals surface area contributed by atoms with Crippen LogP contribution in [0.15, 0.2) is 66.9 Å². The Balaban J connectivity index is 1.19. The number of rotatable bonds is 3. The maximum atomic E-state index is 12.4. The lowest BCUT2D eigenvalue weighted by molar-refractivity contribution is 0.0240. The van der Waals surface area contributed by atoms with Crippen LogP contribution >= 0.6 is 0 Å². The van der Waals surface area contributed by atoms with Crippen molar-refractivity contribution in [3.63, 3.8) is 0 Å². The molecule has 1 saturated heterocycles. The van der Waals surface area contributed by atoms with Gasteiger partial charge in [0, 0.05) is 44.4 Å². The van der Waals surface area contributed by atoms with Gasteiger partial charge in [0.1, 0.15) is 17.2 Å². The van der Waals surface area contributed by atoms with Gasteiger partial charge in [-0.05, 0) is 62.6 Å². The second kappa shape index (κ2) is 9.21. The van der Waals surface area contributed by atoms with Crippen molar-refractivity contribution < 1.29 is 9.53 Å². The zero-order valence-corrected chi connectivity index (χ0v) is 21.7. The molecule has 2 aromatic heterocycles. The molecule has 6 rings (SSSR count). The zero-order valence-electron chi connectivity index (χ0n) is 21.7. The van der Waals surface area contributed by atoms with E-state index in [1.807, 2.05) is 27.0 Å². The summed E-state index contributed by atoms with van der Waals surface area (Å²) in [5.74, 6) is 2.10. The molecular formula is C30H33N5O2. The molecule has 37 heavy (non-hydrogen) atoms. The van der Waals surface area contributed by atoms with E-state index in [4.69, 9.17) is 14.7 Å². The standard InChI is InChI=1S/C30H33N5O2/c1-30(2,3)37-29(36)34-17-15-33(16-18-34)27-13-10-23(20-31-27)22-9-11-24-26(19-22)35-25(12-14-28(35)32-24)21-7-5-4-6-8-21/h4-11,13,19-20,25H,12,14-18H2,1-3H3. The van der Waals surface area contributed by atoms with Crippen molar-refractivity contribution in [1.29, 1.82) is 0 Å². The fraction of sp³-hybridized carbons (Fsp3) is 0.367. The van der Waals surface area contributed by atoms with Gasteiger partial charge in [0.2, 0.25) is 0 Å². The summed E-state index contributed by atoms with van der Waals surface area (Å²) in [4.78, 5) is 26.1. The largest absolute Gasteiger partial charge is 0.444 e. The number of carbonyl (C=O) groups excluding carboxylic acids is 1. The summed E-state index contributed by atoms with van der Waals surface area (Å²) in [6.07, 6.45) is 3.80. The van der Waals surface area contributed by atoms with Crippen LogP contribution in [0.1, 0.15) is 44.6 Å². The van der Waals surface area contributed by atoms with Crippen LogP contribution in [0.2, 0.25) is 0 Å². The fourth-order valence-electron chi connectivity index (χ4n) is 5.42. The van der Waals surface area contributed by atoms with E-state index in [9.17, 15) is 4.79 Å². The Morgan fingerprint density at radius 2 is 1.70 bits per heavy atom. The van der Waals surface area contributed by atoms with Crippen LogP contribution in [-0.2, 0) is 11.2 Å². The van der Waals surface area contributed by atoms with Gasteiger partial charge in [0.25, 0.3) is 0 Å². The van der Waals surface area contributed by atoms with Crippen molar-refractivity contribution in [2.24, 2.45) is 0 Å². The maximum absolute atomic E-state index is 12.4. The number of piperazine rings is 1. The normalized spacial score (nSPS) is 17.8. The Bertz CT molecular complexity index is 1410. The molecule has 2 aliphatic heterocycles. The zero-order chi connectivity index (χ0) is 25.6. The first-order valence-electron chi connectivity index (χ1n) is 13.1. The van der Waals surface area contributed by atoms with E-state index >= 15 is 0 Å². The first kappa shape index (κ1) is 23.5. The second-order valence-corrected chi connectivity index (χ2v) is 10.9. The molecule has 0 aliphatic carbocycles. The fourth-order valence-corrected chi connectivity index (χ4v) is 5.42. The van der Waals surface area contributed by atoms with Gasteiger partial charge in [0.05, 0.1) is 17.1 Å². The number of carbonyl (C=O) groups is 1. The van der Waals surface area contributed by atoms with Gasteiger partial charge in [-0.15, -0.1) is 0 Å². The van der Waals surface area contributed by atoms with Crippen LogP contribution in [-0.4, -0.2) is 57.3 Å². The number of imidazole rings is 1. The summed E-state index contributed by atoms with van der Waals surface area (Å²) in [6, 6.07) is 21.8. The SMILES string of the molecule is CC(C)(C)OC(=O)N1CCN(c2ccc(-c3ccc4nc5n(c4c3)C(c3ccccc3)CC5)cn2)CC1. The minimum atomic E-state index is -0.478. The number of aryl methyl sites for hydroxylation is 1. The van der Waals surface area contributed by atoms with E-state index in [0.717, 1.165) is 48.4 Å². The van der Waals surface area contributed by atoms with Crippen molar-refractivity contribution in [2.45, 2.75) is 45.3 Å². The van der Waals surface area contributed by atoms with Crippen LogP contribution in [0, 0.1) is 0 Å². The predicted octanol–water partition coefficient (Wildman–Crippen LogP) is 5.69. The van der Waals surface area contributed by atoms with E-state index in [2.05, 4.69) is 70.1 Å². The molecule has 0 spiro atoms. The molecule has 2 aromatic carbocycles. The van der Waals surface area contributed by atoms with E-state index in [1.54, 1.807) is 4.90 Å². The molecule has 0 N–H and O–H groups in total. The molecule has 1 fully saturated rings. The molecule has 1 unspecified atom stereocenters. The first-order chi connectivity index (χ1) is 17.9. The Hall–Kier alpha value is -3.87. The lowest BCUT2D eigenvalue weighted by Crippen LogP contribution is -2.50. The summed E-state index contributed by atoms with van der Waals surface area (Å²) in [7, 11) is 0. The van der Waals surface area contributed by atoms with E-state index in [1.165, 1.54) is 16.9 Å². The molecule has 4 heterocycles. The molecule has 4 aromatic rings. The van der Waals surface area contributed by atoms with E-state index in [-0.39, 0.29) is 6.09 Å². The van der Waals surface area contributed by atoms with Crippen LogP contribution in [0.4, 0.5) is 10.6 Å². The Morgan fingerprint density at radius 1 is 0.946 bits per heavy atom. The number of nitrogens with zero attached hydrogens (tertiary/aromatic N) is 5. The van der Waals surface area contributed by atoms with Crippen LogP contribution in [0.25, 0.3) is 22.2 Å². The summed E-state index contributed by atoms with van der Waals surface area (Å²) < 4.78 is 7.93. The molecule has 0 radical (unpaired) electrons. The monoisotopic (exact) mass is 495 g/mol. The number of ether oxygens (including phenoxy) is 1. The summed E-state index contributed by atoms with van der Waals surface area (Å²) >= 11 is 0. The number of amides is 1. The number of hydrogen-bond acceptors (Lipinski definition) is 5. The van der Waals surface area contributed by atoms with Crippen LogP contribution in [0.5, 0.6) is 0 Å². The molecule has 7 nitrogen and oxygen atoms in total. The number of anilines is 1. The summed E-state index contributed by atoms with van der Waals surface area (Å²) in [5.41, 5.74) is 5.32. The minimum absolute atomic E-state index is 0.244. The van der Waals surface area contributed by atoms with Crippen molar-refractivity contribution in [3.05, 3.63) is 78.2 Å². The minimum Gasteiger partial charge on any atom is -0.444 e. The molecule has 7 heteroatoms. The number of benzene rings is 2. The van der Waals surface area contributed by atoms with E-state index in [0.29, 0.717) is 19.1 Å². The average Bonchev–Trinajstić information content (AvgIpc) is 3.48. The average molecular weight is 496 g/mol. The second-order valence-electron chi connectivity index (χ2n) is 10.9. The third kappa shape index (κ3) is 4.66. The topological polar surface area (TPSA) is 63.5 Å². The summed E-state index contributed by atoms with van der Waals surface area (Å²) in [5, 5.41) is 0. The van der Waals surface area contributed by atoms with Gasteiger partial charge in [-0.25, -0.2) is 14.8 Å². The van der Waals surface area contributed by atoms with Gasteiger partial charge in [-0.3, -0.25) is 0 Å². The summed E-state index contributed by atoms with van der Waals surface area (Å²) in [6.45, 7) is 8.42. The number of fused-ring (bicyclic) bond motifs is 3. The van der Waals surface area contributed by atoms with Gasteiger partial charge >= 0.3 is 6.09 Å². The van der Waals surface area contributed by atoms with Crippen LogP contribution < -0.4 is 4.90 Å². The number of aromatic nitrogens is 3. The molecule has 1 atom stereocenters. The van der Waals surface area contributed by atoms with E-state index < -0.39 is 5.60 Å². The van der Waals surface area contributed by atoms with Crippen molar-refractivity contribution in [1.82, 2.24) is 19.4 Å². The molecule has 190 valence electrons. The molecule has 0 saturated carbocycles. The first-order valence-corrected chi connectivity index (χ1v) is 13.1. The highest BCUT2D eigenvalue weighted by molar-refractivity contribution is 5.83.